The number of anilines is 1. The predicted molar refractivity (Wildman–Crippen MR) is 116 cm³/mol. The first-order chi connectivity index (χ1) is 14.2. The van der Waals surface area contributed by atoms with E-state index in [-0.39, 0.29) is 0 Å². The van der Waals surface area contributed by atoms with E-state index in [1.807, 2.05) is 73.8 Å². The SMILES string of the molecule is Cc1noc(C)c1COc1ccc(C=NNc2nc(-c3ccccc3)cs2)cc1. The average molecular weight is 404 g/mol. The number of hydrogen-bond donors (Lipinski definition) is 1. The standard InChI is InChI=1S/C22H20N4O2S/c1-15-20(16(2)28-26-15)13-27-19-10-8-17(9-11-19)12-23-25-22-24-21(14-29-22)18-6-4-3-5-7-18/h3-12,14H,13H2,1-2H3,(H,24,25). The summed E-state index contributed by atoms with van der Waals surface area (Å²) in [6.07, 6.45) is 1.75. The molecule has 1 N–H and O–H groups in total. The van der Waals surface area contributed by atoms with Crippen LogP contribution < -0.4 is 10.2 Å². The predicted octanol–water partition coefficient (Wildman–Crippen LogP) is 5.44. The van der Waals surface area contributed by atoms with Crippen molar-refractivity contribution in [3.63, 3.8) is 0 Å². The van der Waals surface area contributed by atoms with Crippen LogP contribution in [-0.4, -0.2) is 16.4 Å². The van der Waals surface area contributed by atoms with Gasteiger partial charge in [-0.1, -0.05) is 35.5 Å². The van der Waals surface area contributed by atoms with Crippen LogP contribution in [-0.2, 0) is 6.61 Å². The molecule has 0 aliphatic heterocycles. The summed E-state index contributed by atoms with van der Waals surface area (Å²) >= 11 is 1.52. The van der Waals surface area contributed by atoms with Crippen LogP contribution in [0.2, 0.25) is 0 Å². The van der Waals surface area contributed by atoms with E-state index in [0.29, 0.717) is 6.61 Å². The molecule has 2 aromatic carbocycles. The van der Waals surface area contributed by atoms with Gasteiger partial charge in [-0.25, -0.2) is 4.98 Å². The third kappa shape index (κ3) is 4.70. The van der Waals surface area contributed by atoms with Gasteiger partial charge in [-0.05, 0) is 43.7 Å². The fraction of sp³-hybridized carbons (Fsp3) is 0.136. The van der Waals surface area contributed by atoms with Gasteiger partial charge in [-0.15, -0.1) is 11.3 Å². The largest absolute Gasteiger partial charge is 0.489 e. The van der Waals surface area contributed by atoms with Crippen molar-refractivity contribution in [3.8, 4) is 17.0 Å². The molecule has 146 valence electrons. The fourth-order valence-corrected chi connectivity index (χ4v) is 3.41. The molecule has 0 atom stereocenters. The summed E-state index contributed by atoms with van der Waals surface area (Å²) in [4.78, 5) is 4.55. The van der Waals surface area contributed by atoms with Crippen LogP contribution in [0.1, 0.15) is 22.6 Å². The second-order valence-corrected chi connectivity index (χ2v) is 7.29. The first-order valence-corrected chi connectivity index (χ1v) is 10.0. The molecule has 29 heavy (non-hydrogen) atoms. The number of aryl methyl sites for hydroxylation is 2. The smallest absolute Gasteiger partial charge is 0.203 e. The van der Waals surface area contributed by atoms with E-state index in [0.717, 1.165) is 44.7 Å². The first-order valence-electron chi connectivity index (χ1n) is 9.13. The highest BCUT2D eigenvalue weighted by Gasteiger charge is 2.09. The third-order valence-electron chi connectivity index (χ3n) is 4.39. The average Bonchev–Trinajstić information content (AvgIpc) is 3.35. The third-order valence-corrected chi connectivity index (χ3v) is 5.14. The Kier molecular flexibility index (Phi) is 5.67. The molecule has 0 spiro atoms. The molecule has 4 aromatic rings. The highest BCUT2D eigenvalue weighted by Crippen LogP contribution is 2.24. The normalized spacial score (nSPS) is 11.1. The van der Waals surface area contributed by atoms with E-state index in [1.165, 1.54) is 11.3 Å². The molecule has 0 radical (unpaired) electrons. The van der Waals surface area contributed by atoms with Crippen LogP contribution in [0.5, 0.6) is 5.75 Å². The summed E-state index contributed by atoms with van der Waals surface area (Å²) in [5.74, 6) is 1.57. The molecule has 4 rings (SSSR count). The number of nitrogens with one attached hydrogen (secondary N) is 1. The van der Waals surface area contributed by atoms with Gasteiger partial charge in [0.15, 0.2) is 0 Å². The number of ether oxygens (including phenoxy) is 1. The lowest BCUT2D eigenvalue weighted by atomic mass is 10.2. The van der Waals surface area contributed by atoms with Crippen LogP contribution >= 0.6 is 11.3 Å². The van der Waals surface area contributed by atoms with Crippen LogP contribution in [0.3, 0.4) is 0 Å². The van der Waals surface area contributed by atoms with Crippen molar-refractivity contribution in [3.05, 3.63) is 82.6 Å². The Bertz CT molecular complexity index is 1080. The zero-order chi connectivity index (χ0) is 20.1. The first kappa shape index (κ1) is 18.9. The van der Waals surface area contributed by atoms with Crippen LogP contribution in [0.15, 0.2) is 69.6 Å². The Hall–Kier alpha value is -3.45. The molecule has 6 nitrogen and oxygen atoms in total. The van der Waals surface area contributed by atoms with E-state index in [4.69, 9.17) is 9.26 Å². The molecule has 0 saturated carbocycles. The molecule has 0 aliphatic rings. The maximum absolute atomic E-state index is 5.82. The minimum Gasteiger partial charge on any atom is -0.489 e. The van der Waals surface area contributed by atoms with Crippen molar-refractivity contribution in [1.82, 2.24) is 10.1 Å². The molecule has 0 saturated heterocycles. The van der Waals surface area contributed by atoms with Gasteiger partial charge in [0.25, 0.3) is 0 Å². The van der Waals surface area contributed by atoms with Gasteiger partial charge in [0.05, 0.1) is 23.2 Å². The second-order valence-electron chi connectivity index (χ2n) is 6.43. The summed E-state index contributed by atoms with van der Waals surface area (Å²) < 4.78 is 11.0. The van der Waals surface area contributed by atoms with E-state index < -0.39 is 0 Å². The zero-order valence-electron chi connectivity index (χ0n) is 16.1. The molecule has 0 fully saturated rings. The van der Waals surface area contributed by atoms with Gasteiger partial charge in [0, 0.05) is 10.9 Å². The van der Waals surface area contributed by atoms with E-state index >= 15 is 0 Å². The zero-order valence-corrected chi connectivity index (χ0v) is 16.9. The summed E-state index contributed by atoms with van der Waals surface area (Å²) in [7, 11) is 0. The molecule has 2 heterocycles. The number of benzene rings is 2. The van der Waals surface area contributed by atoms with Gasteiger partial charge in [0.2, 0.25) is 5.13 Å². The number of aromatic nitrogens is 2. The summed E-state index contributed by atoms with van der Waals surface area (Å²) in [5, 5.41) is 11.0. The van der Waals surface area contributed by atoms with Gasteiger partial charge in [-0.2, -0.15) is 5.10 Å². The van der Waals surface area contributed by atoms with Crippen molar-refractivity contribution in [2.75, 3.05) is 5.43 Å². The summed E-state index contributed by atoms with van der Waals surface area (Å²) in [6.45, 7) is 4.23. The Morgan fingerprint density at radius 2 is 1.90 bits per heavy atom. The quantitative estimate of drug-likeness (QED) is 0.328. The van der Waals surface area contributed by atoms with Crippen molar-refractivity contribution >= 4 is 22.7 Å². The van der Waals surface area contributed by atoms with Gasteiger partial charge in [-0.3, -0.25) is 5.43 Å². The maximum Gasteiger partial charge on any atom is 0.203 e. The molecule has 0 amide bonds. The van der Waals surface area contributed by atoms with Crippen molar-refractivity contribution in [2.24, 2.45) is 5.10 Å². The topological polar surface area (TPSA) is 72.5 Å². The van der Waals surface area contributed by atoms with E-state index in [9.17, 15) is 0 Å². The second kappa shape index (κ2) is 8.70. The van der Waals surface area contributed by atoms with Crippen LogP contribution in [0.25, 0.3) is 11.3 Å². The number of hydrazone groups is 1. The summed E-state index contributed by atoms with van der Waals surface area (Å²) in [5.41, 5.74) is 7.81. The van der Waals surface area contributed by atoms with Crippen molar-refractivity contribution in [2.45, 2.75) is 20.5 Å². The lowest BCUT2D eigenvalue weighted by molar-refractivity contribution is 0.301. The van der Waals surface area contributed by atoms with Crippen molar-refractivity contribution < 1.29 is 9.26 Å². The number of nitrogens with zero attached hydrogens (tertiary/aromatic N) is 3. The Balaban J connectivity index is 1.32. The lowest BCUT2D eigenvalue weighted by Crippen LogP contribution is -1.98. The fourth-order valence-electron chi connectivity index (χ4n) is 2.74. The van der Waals surface area contributed by atoms with Gasteiger partial charge in [0.1, 0.15) is 18.1 Å². The highest BCUT2D eigenvalue weighted by atomic mass is 32.1. The Morgan fingerprint density at radius 3 is 2.62 bits per heavy atom. The van der Waals surface area contributed by atoms with Gasteiger partial charge >= 0.3 is 0 Å². The van der Waals surface area contributed by atoms with Gasteiger partial charge < -0.3 is 9.26 Å². The number of rotatable bonds is 7. The molecule has 0 bridgehead atoms. The highest BCUT2D eigenvalue weighted by molar-refractivity contribution is 7.14. The maximum atomic E-state index is 5.82. The molecular weight excluding hydrogens is 384 g/mol. The van der Waals surface area contributed by atoms with Crippen LogP contribution in [0.4, 0.5) is 5.13 Å². The Labute approximate surface area is 172 Å². The molecule has 0 aliphatic carbocycles. The van der Waals surface area contributed by atoms with E-state index in [1.54, 1.807) is 6.21 Å². The summed E-state index contributed by atoms with van der Waals surface area (Å²) in [6, 6.07) is 17.8. The number of thiazole rings is 1. The van der Waals surface area contributed by atoms with E-state index in [2.05, 4.69) is 20.7 Å². The number of hydrogen-bond acceptors (Lipinski definition) is 7. The molecule has 7 heteroatoms. The lowest BCUT2D eigenvalue weighted by Gasteiger charge is -2.05. The minimum absolute atomic E-state index is 0.434. The molecule has 0 unspecified atom stereocenters. The van der Waals surface area contributed by atoms with Crippen LogP contribution in [0, 0.1) is 13.8 Å². The van der Waals surface area contributed by atoms with Crippen molar-refractivity contribution in [1.29, 1.82) is 0 Å². The Morgan fingerprint density at radius 1 is 1.10 bits per heavy atom. The monoisotopic (exact) mass is 404 g/mol. The molecule has 2 aromatic heterocycles. The minimum atomic E-state index is 0.434. The molecular formula is C22H20N4O2S.